The maximum atomic E-state index is 13.0. The first-order valence-corrected chi connectivity index (χ1v) is 10.3. The van der Waals surface area contributed by atoms with Crippen LogP contribution in [-0.4, -0.2) is 31.1 Å². The van der Waals surface area contributed by atoms with E-state index in [1.165, 1.54) is 23.0 Å². The molecule has 1 aliphatic heterocycles. The number of halogens is 3. The van der Waals surface area contributed by atoms with E-state index < -0.39 is 11.9 Å². The van der Waals surface area contributed by atoms with Crippen LogP contribution in [0.5, 0.6) is 0 Å². The highest BCUT2D eigenvalue weighted by molar-refractivity contribution is 5.67. The Kier molecular flexibility index (Phi) is 4.88. The topological polar surface area (TPSA) is 76.3 Å². The highest BCUT2D eigenvalue weighted by Gasteiger charge is 2.32. The third-order valence-electron chi connectivity index (χ3n) is 5.79. The molecule has 10 heteroatoms. The van der Waals surface area contributed by atoms with Crippen molar-refractivity contribution < 1.29 is 13.2 Å². The second kappa shape index (κ2) is 7.65. The molecular formula is C23H19F3N6O. The van der Waals surface area contributed by atoms with Crippen molar-refractivity contribution in [3.8, 4) is 11.1 Å². The van der Waals surface area contributed by atoms with Crippen molar-refractivity contribution in [2.24, 2.45) is 0 Å². The molecule has 0 fully saturated rings. The Bertz CT molecular complexity index is 1450. The number of rotatable bonds is 2. The average molecular weight is 452 g/mol. The largest absolute Gasteiger partial charge is 0.433 e. The molecule has 4 aromatic rings. The van der Waals surface area contributed by atoms with E-state index in [2.05, 4.69) is 25.0 Å². The maximum Gasteiger partial charge on any atom is 0.433 e. The Hall–Kier alpha value is -3.82. The number of pyridine rings is 2. The molecule has 33 heavy (non-hydrogen) atoms. The molecule has 1 aliphatic rings. The van der Waals surface area contributed by atoms with Gasteiger partial charge < -0.3 is 4.90 Å². The fourth-order valence-electron chi connectivity index (χ4n) is 4.13. The number of hydrogen-bond donors (Lipinski definition) is 0. The number of fused-ring (bicyclic) bond motifs is 2. The van der Waals surface area contributed by atoms with Crippen LogP contribution in [0.2, 0.25) is 0 Å². The molecule has 5 rings (SSSR count). The lowest BCUT2D eigenvalue weighted by Gasteiger charge is -2.30. The van der Waals surface area contributed by atoms with Crippen LogP contribution in [-0.2, 0) is 19.1 Å². The molecule has 7 nitrogen and oxygen atoms in total. The standard InChI is InChI=1S/C23H19F3N6O/c1-13-7-19(23(24,25)26)29-11-17(13)15-9-16-12-31(6-4-18(16)28-10-15)22-14(2)8-20-27-5-3-21(33)32(20)30-22/h3,5,7-11H,4,6,12H2,1-2H3. The zero-order valence-corrected chi connectivity index (χ0v) is 17.9. The predicted molar refractivity (Wildman–Crippen MR) is 116 cm³/mol. The number of aryl methyl sites for hydroxylation is 2. The zero-order valence-electron chi connectivity index (χ0n) is 17.9. The zero-order chi connectivity index (χ0) is 23.3. The molecular weight excluding hydrogens is 433 g/mol. The minimum Gasteiger partial charge on any atom is -0.350 e. The molecule has 0 saturated carbocycles. The molecule has 0 spiro atoms. The first-order valence-electron chi connectivity index (χ1n) is 10.3. The van der Waals surface area contributed by atoms with E-state index >= 15 is 0 Å². The van der Waals surface area contributed by atoms with E-state index in [1.807, 2.05) is 19.1 Å². The highest BCUT2D eigenvalue weighted by atomic mass is 19.4. The van der Waals surface area contributed by atoms with E-state index in [0.29, 0.717) is 47.7 Å². The Morgan fingerprint density at radius 1 is 1.00 bits per heavy atom. The van der Waals surface area contributed by atoms with Crippen LogP contribution in [0.25, 0.3) is 16.8 Å². The molecule has 4 aromatic heterocycles. The van der Waals surface area contributed by atoms with E-state index in [0.717, 1.165) is 22.9 Å². The maximum absolute atomic E-state index is 13.0. The van der Waals surface area contributed by atoms with Crippen LogP contribution in [0.1, 0.15) is 28.1 Å². The fraction of sp³-hybridized carbons (Fsp3) is 0.261. The summed E-state index contributed by atoms with van der Waals surface area (Å²) in [5.41, 5.74) is 3.88. The van der Waals surface area contributed by atoms with Crippen molar-refractivity contribution in [2.45, 2.75) is 33.0 Å². The molecule has 168 valence electrons. The molecule has 0 saturated heterocycles. The molecule has 0 atom stereocenters. The number of anilines is 1. The van der Waals surface area contributed by atoms with E-state index in [9.17, 15) is 18.0 Å². The number of nitrogens with zero attached hydrogens (tertiary/aromatic N) is 6. The number of alkyl halides is 3. The van der Waals surface area contributed by atoms with Crippen LogP contribution < -0.4 is 10.5 Å². The van der Waals surface area contributed by atoms with Gasteiger partial charge in [0.2, 0.25) is 0 Å². The molecule has 5 heterocycles. The van der Waals surface area contributed by atoms with E-state index in [1.54, 1.807) is 13.1 Å². The molecule has 0 radical (unpaired) electrons. The van der Waals surface area contributed by atoms with E-state index in [-0.39, 0.29) is 5.56 Å². The van der Waals surface area contributed by atoms with Crippen molar-refractivity contribution >= 4 is 11.5 Å². The van der Waals surface area contributed by atoms with Crippen molar-refractivity contribution in [2.75, 3.05) is 11.4 Å². The summed E-state index contributed by atoms with van der Waals surface area (Å²) in [7, 11) is 0. The summed E-state index contributed by atoms with van der Waals surface area (Å²) in [6, 6.07) is 6.18. The van der Waals surface area contributed by atoms with Crippen LogP contribution in [0.4, 0.5) is 19.0 Å². The van der Waals surface area contributed by atoms with Gasteiger partial charge >= 0.3 is 6.18 Å². The van der Waals surface area contributed by atoms with Gasteiger partial charge in [-0.1, -0.05) is 0 Å². The second-order valence-electron chi connectivity index (χ2n) is 8.09. The summed E-state index contributed by atoms with van der Waals surface area (Å²) in [4.78, 5) is 26.6. The minimum absolute atomic E-state index is 0.257. The SMILES string of the molecule is Cc1cc(C(F)(F)F)ncc1-c1cnc2c(c1)CN(c1nn3c(=O)ccnc3cc1C)CC2. The lowest BCUT2D eigenvalue weighted by atomic mass is 9.98. The van der Waals surface area contributed by atoms with Gasteiger partial charge in [0.1, 0.15) is 5.69 Å². The molecule has 0 N–H and O–H groups in total. The van der Waals surface area contributed by atoms with Gasteiger partial charge in [0.15, 0.2) is 11.5 Å². The summed E-state index contributed by atoms with van der Waals surface area (Å²) in [6.07, 6.45) is 0.578. The van der Waals surface area contributed by atoms with Gasteiger partial charge in [0.05, 0.1) is 0 Å². The molecule has 0 amide bonds. The Labute approximate surface area is 186 Å². The van der Waals surface area contributed by atoms with Crippen molar-refractivity contribution in [1.29, 1.82) is 0 Å². The van der Waals surface area contributed by atoms with Gasteiger partial charge in [0.25, 0.3) is 5.56 Å². The highest BCUT2D eigenvalue weighted by Crippen LogP contribution is 2.32. The first-order chi connectivity index (χ1) is 15.7. The number of hydrogen-bond acceptors (Lipinski definition) is 6. The second-order valence-corrected chi connectivity index (χ2v) is 8.09. The lowest BCUT2D eigenvalue weighted by molar-refractivity contribution is -0.141. The Morgan fingerprint density at radius 2 is 1.82 bits per heavy atom. The van der Waals surface area contributed by atoms with Gasteiger partial charge in [-0.15, -0.1) is 5.10 Å². The number of aromatic nitrogens is 5. The first kappa shape index (κ1) is 21.0. The van der Waals surface area contributed by atoms with Crippen molar-refractivity contribution in [1.82, 2.24) is 24.6 Å². The van der Waals surface area contributed by atoms with Crippen LogP contribution in [0.15, 0.2) is 47.7 Å². The minimum atomic E-state index is -4.49. The summed E-state index contributed by atoms with van der Waals surface area (Å²) in [6.45, 7) is 4.74. The fourth-order valence-corrected chi connectivity index (χ4v) is 4.13. The quantitative estimate of drug-likeness (QED) is 0.461. The summed E-state index contributed by atoms with van der Waals surface area (Å²) in [5.74, 6) is 0.682. The smallest absolute Gasteiger partial charge is 0.350 e. The summed E-state index contributed by atoms with van der Waals surface area (Å²) >= 11 is 0. The Morgan fingerprint density at radius 3 is 2.58 bits per heavy atom. The van der Waals surface area contributed by atoms with Crippen LogP contribution >= 0.6 is 0 Å². The molecule has 0 aliphatic carbocycles. The van der Waals surface area contributed by atoms with Crippen LogP contribution in [0.3, 0.4) is 0 Å². The average Bonchev–Trinajstić information content (AvgIpc) is 2.77. The van der Waals surface area contributed by atoms with Crippen LogP contribution in [0, 0.1) is 13.8 Å². The van der Waals surface area contributed by atoms with Crippen molar-refractivity contribution in [3.63, 3.8) is 0 Å². The summed E-state index contributed by atoms with van der Waals surface area (Å²) in [5, 5.41) is 4.53. The third-order valence-corrected chi connectivity index (χ3v) is 5.79. The van der Waals surface area contributed by atoms with E-state index in [4.69, 9.17) is 0 Å². The molecule has 0 aromatic carbocycles. The normalized spacial score (nSPS) is 13.9. The monoisotopic (exact) mass is 452 g/mol. The molecule has 0 unspecified atom stereocenters. The summed E-state index contributed by atoms with van der Waals surface area (Å²) < 4.78 is 40.2. The van der Waals surface area contributed by atoms with Gasteiger partial charge in [-0.25, -0.2) is 4.98 Å². The van der Waals surface area contributed by atoms with Gasteiger partial charge in [-0.2, -0.15) is 17.7 Å². The van der Waals surface area contributed by atoms with Crippen molar-refractivity contribution in [3.05, 3.63) is 81.3 Å². The third kappa shape index (κ3) is 3.81. The molecule has 0 bridgehead atoms. The van der Waals surface area contributed by atoms with Gasteiger partial charge in [-0.3, -0.25) is 14.8 Å². The lowest BCUT2D eigenvalue weighted by Crippen LogP contribution is -2.33. The Balaban J connectivity index is 1.50. The van der Waals surface area contributed by atoms with Gasteiger partial charge in [-0.05, 0) is 48.7 Å². The predicted octanol–water partition coefficient (Wildman–Crippen LogP) is 3.74. The van der Waals surface area contributed by atoms with Gasteiger partial charge in [0, 0.05) is 61.0 Å².